The Bertz CT molecular complexity index is 1060. The van der Waals surface area contributed by atoms with Crippen LogP contribution in [0.25, 0.3) is 11.1 Å². The first kappa shape index (κ1) is 40.0. The van der Waals surface area contributed by atoms with Crippen LogP contribution in [0.4, 0.5) is 0 Å². The fourth-order valence-corrected chi connectivity index (χ4v) is 10.2. The van der Waals surface area contributed by atoms with Crippen LogP contribution in [0.5, 0.6) is 0 Å². The van der Waals surface area contributed by atoms with Gasteiger partial charge < -0.3 is 14.9 Å². The van der Waals surface area contributed by atoms with Gasteiger partial charge >= 0.3 is 37.9 Å². The van der Waals surface area contributed by atoms with Crippen molar-refractivity contribution < 1.29 is 20.8 Å². The fourth-order valence-electron chi connectivity index (χ4n) is 9.05. The van der Waals surface area contributed by atoms with Gasteiger partial charge in [-0.3, -0.25) is 0 Å². The van der Waals surface area contributed by atoms with Crippen molar-refractivity contribution in [3.8, 4) is 11.1 Å². The molecular formula is C38H56Br2Cl2Zr. The van der Waals surface area contributed by atoms with Crippen molar-refractivity contribution in [2.75, 3.05) is 0 Å². The van der Waals surface area contributed by atoms with Gasteiger partial charge in [-0.2, -0.15) is 0 Å². The van der Waals surface area contributed by atoms with Crippen LogP contribution in [-0.2, 0) is 27.3 Å². The number of alkyl halides is 1. The molecule has 5 unspecified atom stereocenters. The molecule has 43 heavy (non-hydrogen) atoms. The van der Waals surface area contributed by atoms with Gasteiger partial charge in [0.05, 0.1) is 0 Å². The van der Waals surface area contributed by atoms with Crippen molar-refractivity contribution >= 4 is 48.9 Å². The molecule has 5 atom stereocenters. The van der Waals surface area contributed by atoms with Crippen molar-refractivity contribution in [1.29, 1.82) is 0 Å². The molecule has 5 aliphatic rings. The second-order valence-electron chi connectivity index (χ2n) is 13.8. The van der Waals surface area contributed by atoms with Crippen LogP contribution in [0.1, 0.15) is 97.1 Å². The third kappa shape index (κ3) is 9.94. The van der Waals surface area contributed by atoms with Crippen molar-refractivity contribution in [2.24, 2.45) is 53.3 Å². The Kier molecular flexibility index (Phi) is 17.7. The summed E-state index contributed by atoms with van der Waals surface area (Å²) in [5.74, 6) is 9.19. The molecule has 0 amide bonds. The summed E-state index contributed by atoms with van der Waals surface area (Å²) in [4.78, 5) is 0.851. The summed E-state index contributed by atoms with van der Waals surface area (Å²) in [5, 5.41) is 0. The molecule has 5 aliphatic carbocycles. The van der Waals surface area contributed by atoms with Gasteiger partial charge in [0.15, 0.2) is 0 Å². The van der Waals surface area contributed by atoms with Gasteiger partial charge in [-0.05, 0) is 126 Å². The van der Waals surface area contributed by atoms with Crippen molar-refractivity contribution in [2.45, 2.75) is 97.2 Å². The van der Waals surface area contributed by atoms with Gasteiger partial charge in [0.25, 0.3) is 0 Å². The van der Waals surface area contributed by atoms with E-state index in [1.807, 2.05) is 0 Å². The van der Waals surface area contributed by atoms with Gasteiger partial charge in [0.1, 0.15) is 0 Å². The molecule has 4 fully saturated rings. The van der Waals surface area contributed by atoms with Crippen LogP contribution in [0.3, 0.4) is 0 Å². The molecule has 2 aromatic rings. The Hall–Kier alpha value is 0.863. The van der Waals surface area contributed by atoms with Crippen LogP contribution in [0.15, 0.2) is 46.9 Å². The molecule has 2 aromatic carbocycles. The molecule has 0 aliphatic heterocycles. The van der Waals surface area contributed by atoms with Crippen molar-refractivity contribution in [1.82, 2.24) is 0 Å². The fraction of sp³-hybridized carbons (Fsp3) is 0.632. The summed E-state index contributed by atoms with van der Waals surface area (Å²) in [6.45, 7) is 12.0. The zero-order valence-corrected chi connectivity index (χ0v) is 34.8. The van der Waals surface area contributed by atoms with Crippen LogP contribution >= 0.6 is 48.9 Å². The minimum absolute atomic E-state index is 0. The van der Waals surface area contributed by atoms with Crippen LogP contribution in [-0.4, -0.2) is 4.83 Å². The van der Waals surface area contributed by atoms with E-state index in [0.717, 1.165) is 64.5 Å². The third-order valence-electron chi connectivity index (χ3n) is 12.0. The molecule has 0 aromatic heterocycles. The molecule has 0 saturated heterocycles. The van der Waals surface area contributed by atoms with E-state index in [4.69, 9.17) is 17.0 Å². The molecule has 0 bridgehead atoms. The summed E-state index contributed by atoms with van der Waals surface area (Å²) in [7, 11) is 9.87. The number of benzene rings is 2. The van der Waals surface area contributed by atoms with Crippen LogP contribution in [0.2, 0.25) is 0 Å². The summed E-state index contributed by atoms with van der Waals surface area (Å²) >= 11 is 6.51. The summed E-state index contributed by atoms with van der Waals surface area (Å²) in [5.41, 5.74) is 5.67. The van der Waals surface area contributed by atoms with E-state index < -0.39 is 20.8 Å². The number of fused-ring (bicyclic) bond motifs is 6. The molecule has 0 N–H and O–H groups in total. The molecule has 0 nitrogen and oxygen atoms in total. The Balaban J connectivity index is 0.000000214. The van der Waals surface area contributed by atoms with E-state index in [2.05, 4.69) is 109 Å². The van der Waals surface area contributed by atoms with E-state index in [9.17, 15) is 0 Å². The van der Waals surface area contributed by atoms with E-state index >= 15 is 0 Å². The maximum absolute atomic E-state index is 4.93. The Labute approximate surface area is 301 Å². The molecule has 0 spiro atoms. The zero-order chi connectivity index (χ0) is 29.7. The van der Waals surface area contributed by atoms with E-state index in [1.165, 1.54) is 58.8 Å². The van der Waals surface area contributed by atoms with Crippen molar-refractivity contribution in [3.63, 3.8) is 0 Å². The molecular weight excluding hydrogens is 778 g/mol. The second-order valence-corrected chi connectivity index (χ2v) is 19.7. The normalized spacial score (nSPS) is 34.3. The number of rotatable bonds is 0. The summed E-state index contributed by atoms with van der Waals surface area (Å²) < 4.78 is 1.17. The molecule has 0 radical (unpaired) electrons. The Morgan fingerprint density at radius 3 is 1.81 bits per heavy atom. The van der Waals surface area contributed by atoms with Gasteiger partial charge in [-0.25, -0.2) is 0 Å². The average molecular weight is 835 g/mol. The first-order valence-corrected chi connectivity index (χ1v) is 24.2. The average Bonchev–Trinajstić information content (AvgIpc) is 3.57. The zero-order valence-electron chi connectivity index (χ0n) is 27.7. The first-order chi connectivity index (χ1) is 19.7. The van der Waals surface area contributed by atoms with Crippen LogP contribution in [0, 0.1) is 68.1 Å². The second kappa shape index (κ2) is 19.0. The number of halogens is 4. The molecule has 0 heterocycles. The van der Waals surface area contributed by atoms with Gasteiger partial charge in [-0.15, -0.1) is 0 Å². The minimum atomic E-state index is -0.826. The number of hydrogen-bond acceptors (Lipinski definition) is 0. The maximum atomic E-state index is 4.93. The summed E-state index contributed by atoms with van der Waals surface area (Å²) in [6, 6.07) is 15.2. The molecule has 240 valence electrons. The number of hydrogen-bond donors (Lipinski definition) is 0. The monoisotopic (exact) mass is 830 g/mol. The first-order valence-electron chi connectivity index (χ1n) is 16.1. The topological polar surface area (TPSA) is 0 Å². The third-order valence-corrected chi connectivity index (χ3v) is 13.3. The van der Waals surface area contributed by atoms with E-state index in [0.29, 0.717) is 0 Å². The summed E-state index contributed by atoms with van der Waals surface area (Å²) in [6.07, 6.45) is 13.3. The van der Waals surface area contributed by atoms with Crippen LogP contribution < -0.4 is 0 Å². The van der Waals surface area contributed by atoms with Crippen molar-refractivity contribution in [3.05, 3.63) is 72.9 Å². The molecule has 5 heteroatoms. The van der Waals surface area contributed by atoms with E-state index in [-0.39, 0.29) is 14.9 Å². The SMILES string of the molecule is BrC1CCC2C(C1)CC1CCCCC12.Brc1ccc2c(c1)Cc1ccccc1-2.CC1C(C)C(C)C(C)C1C.[CH3-].[CH3-].[Cl][Zr+2][Cl]. The Morgan fingerprint density at radius 2 is 1.19 bits per heavy atom. The molecule has 7 rings (SSSR count). The van der Waals surface area contributed by atoms with E-state index in [1.54, 1.807) is 19.3 Å². The van der Waals surface area contributed by atoms with Gasteiger partial charge in [-0.1, -0.05) is 116 Å². The predicted molar refractivity (Wildman–Crippen MR) is 196 cm³/mol. The van der Waals surface area contributed by atoms with Gasteiger partial charge in [0.2, 0.25) is 0 Å². The predicted octanol–water partition coefficient (Wildman–Crippen LogP) is 13.9. The molecule has 4 saturated carbocycles. The standard InChI is InChI=1S/C13H21Br.C13H9Br.C10H20.2CH3.2ClH.Zr/c2*14-11-5-6-13-10(8-11)7-9-3-1-2-4-12(9)13;1-6-7(2)9(4)10(5)8(6)3;;;;;/h9-13H,1-8H2;1-6,8H,7H2;6-10H,1-5H3;2*1H3;2*1H;/q;;;2*-1;;;+4/p-2. The quantitative estimate of drug-likeness (QED) is 0.156. The van der Waals surface area contributed by atoms with Gasteiger partial charge in [0, 0.05) is 9.30 Å². The Morgan fingerprint density at radius 1 is 0.651 bits per heavy atom.